The zero-order valence-electron chi connectivity index (χ0n) is 15.8. The molecule has 1 aromatic heterocycles. The Kier molecular flexibility index (Phi) is 7.27. The molecule has 2 unspecified atom stereocenters. The molecular weight excluding hydrogens is 389 g/mol. The highest BCUT2D eigenvalue weighted by molar-refractivity contribution is 6.35. The van der Waals surface area contributed by atoms with Gasteiger partial charge in [0.15, 0.2) is 6.10 Å². The van der Waals surface area contributed by atoms with E-state index in [9.17, 15) is 9.59 Å². The first-order valence-electron chi connectivity index (χ1n) is 8.63. The van der Waals surface area contributed by atoms with Crippen molar-refractivity contribution in [3.8, 4) is 0 Å². The fraction of sp³-hybridized carbons (Fsp3) is 0.421. The number of nitrogens with one attached hydrogen (secondary N) is 1. The van der Waals surface area contributed by atoms with Gasteiger partial charge in [0.05, 0.1) is 24.7 Å². The minimum atomic E-state index is -0.911. The van der Waals surface area contributed by atoms with Gasteiger partial charge < -0.3 is 10.1 Å². The van der Waals surface area contributed by atoms with Crippen LogP contribution in [0.2, 0.25) is 10.0 Å². The van der Waals surface area contributed by atoms with Crippen molar-refractivity contribution < 1.29 is 14.3 Å². The number of halogens is 2. The van der Waals surface area contributed by atoms with E-state index in [1.807, 2.05) is 19.9 Å². The van der Waals surface area contributed by atoms with Gasteiger partial charge in [-0.05, 0) is 51.5 Å². The normalized spacial score (nSPS) is 13.1. The predicted octanol–water partition coefficient (Wildman–Crippen LogP) is 4.01. The van der Waals surface area contributed by atoms with Crippen molar-refractivity contribution in [2.45, 2.75) is 52.8 Å². The molecule has 146 valence electrons. The van der Waals surface area contributed by atoms with Crippen LogP contribution in [0.25, 0.3) is 0 Å². The largest absolute Gasteiger partial charge is 0.452 e. The van der Waals surface area contributed by atoms with Crippen LogP contribution in [0.5, 0.6) is 0 Å². The average Bonchev–Trinajstić information content (AvgIpc) is 2.90. The number of amides is 1. The lowest BCUT2D eigenvalue weighted by Gasteiger charge is -2.19. The molecule has 1 N–H and O–H groups in total. The van der Waals surface area contributed by atoms with Crippen molar-refractivity contribution in [3.63, 3.8) is 0 Å². The lowest BCUT2D eigenvalue weighted by molar-refractivity contribution is -0.155. The third-order valence-electron chi connectivity index (χ3n) is 4.10. The van der Waals surface area contributed by atoms with Crippen LogP contribution in [0.3, 0.4) is 0 Å². The van der Waals surface area contributed by atoms with Gasteiger partial charge in [-0.3, -0.25) is 14.3 Å². The van der Waals surface area contributed by atoms with Crippen LogP contribution < -0.4 is 5.32 Å². The van der Waals surface area contributed by atoms with Crippen LogP contribution in [-0.4, -0.2) is 27.8 Å². The monoisotopic (exact) mass is 411 g/mol. The molecule has 0 saturated carbocycles. The van der Waals surface area contributed by atoms with Crippen LogP contribution in [0.4, 0.5) is 0 Å². The number of aryl methyl sites for hydroxylation is 3. The van der Waals surface area contributed by atoms with Gasteiger partial charge in [-0.25, -0.2) is 0 Å². The maximum Gasteiger partial charge on any atom is 0.308 e. The zero-order chi connectivity index (χ0) is 20.1. The lowest BCUT2D eigenvalue weighted by atomic mass is 10.1. The van der Waals surface area contributed by atoms with Gasteiger partial charge in [-0.15, -0.1) is 0 Å². The summed E-state index contributed by atoms with van der Waals surface area (Å²) in [7, 11) is 0. The summed E-state index contributed by atoms with van der Waals surface area (Å²) in [5.74, 6) is -0.852. The Hall–Kier alpha value is -2.05. The number of hydrogen-bond donors (Lipinski definition) is 1. The van der Waals surface area contributed by atoms with Gasteiger partial charge in [0.2, 0.25) is 0 Å². The zero-order valence-corrected chi connectivity index (χ0v) is 17.3. The topological polar surface area (TPSA) is 73.2 Å². The van der Waals surface area contributed by atoms with E-state index in [2.05, 4.69) is 10.4 Å². The van der Waals surface area contributed by atoms with E-state index >= 15 is 0 Å². The first-order valence-corrected chi connectivity index (χ1v) is 9.39. The van der Waals surface area contributed by atoms with Crippen molar-refractivity contribution in [2.75, 3.05) is 0 Å². The summed E-state index contributed by atoms with van der Waals surface area (Å²) in [5.41, 5.74) is 2.60. The fourth-order valence-electron chi connectivity index (χ4n) is 2.67. The molecule has 6 nitrogen and oxygen atoms in total. The third-order valence-corrected chi connectivity index (χ3v) is 4.66. The van der Waals surface area contributed by atoms with Crippen molar-refractivity contribution in [2.24, 2.45) is 0 Å². The SMILES string of the molecule is Cc1cc(C)n(CCC(=O)OC(C)C(=O)NC(C)c2ccc(Cl)cc2Cl)n1. The van der Waals surface area contributed by atoms with Gasteiger partial charge in [0.25, 0.3) is 5.91 Å². The number of ether oxygens (including phenoxy) is 1. The molecule has 1 aromatic carbocycles. The lowest BCUT2D eigenvalue weighted by Crippen LogP contribution is -2.37. The minimum Gasteiger partial charge on any atom is -0.452 e. The Bertz CT molecular complexity index is 836. The Labute approximate surface area is 168 Å². The number of hydrogen-bond acceptors (Lipinski definition) is 4. The van der Waals surface area contributed by atoms with Gasteiger partial charge in [0, 0.05) is 15.7 Å². The van der Waals surface area contributed by atoms with Gasteiger partial charge in [0.1, 0.15) is 0 Å². The van der Waals surface area contributed by atoms with Crippen LogP contribution in [0.15, 0.2) is 24.3 Å². The standard InChI is InChI=1S/C19H23Cl2N3O3/c1-11-9-12(2)24(23-11)8-7-18(25)27-14(4)19(26)22-13(3)16-6-5-15(20)10-17(16)21/h5-6,9-10,13-14H,7-8H2,1-4H3,(H,22,26). The van der Waals surface area contributed by atoms with Crippen LogP contribution in [0.1, 0.15) is 43.3 Å². The molecule has 0 spiro atoms. The van der Waals surface area contributed by atoms with E-state index in [4.69, 9.17) is 27.9 Å². The summed E-state index contributed by atoms with van der Waals surface area (Å²) in [4.78, 5) is 24.3. The van der Waals surface area contributed by atoms with Gasteiger partial charge in [-0.1, -0.05) is 29.3 Å². The molecule has 0 aliphatic heterocycles. The van der Waals surface area contributed by atoms with E-state index in [0.717, 1.165) is 17.0 Å². The van der Waals surface area contributed by atoms with Crippen LogP contribution in [0, 0.1) is 13.8 Å². The Morgan fingerprint density at radius 3 is 2.52 bits per heavy atom. The van der Waals surface area contributed by atoms with Gasteiger partial charge in [-0.2, -0.15) is 5.10 Å². The summed E-state index contributed by atoms with van der Waals surface area (Å²) in [6.45, 7) is 7.55. The summed E-state index contributed by atoms with van der Waals surface area (Å²) < 4.78 is 6.96. The molecule has 2 aromatic rings. The first-order chi connectivity index (χ1) is 12.7. The number of nitrogens with zero attached hydrogens (tertiary/aromatic N) is 2. The van der Waals surface area contributed by atoms with E-state index < -0.39 is 18.0 Å². The summed E-state index contributed by atoms with van der Waals surface area (Å²) >= 11 is 12.0. The molecule has 0 saturated heterocycles. The molecule has 1 amide bonds. The molecule has 2 atom stereocenters. The average molecular weight is 412 g/mol. The molecule has 27 heavy (non-hydrogen) atoms. The number of aromatic nitrogens is 2. The van der Waals surface area contributed by atoms with Gasteiger partial charge >= 0.3 is 5.97 Å². The smallest absolute Gasteiger partial charge is 0.308 e. The van der Waals surface area contributed by atoms with Crippen molar-refractivity contribution in [1.82, 2.24) is 15.1 Å². The number of carbonyl (C=O) groups is 2. The summed E-state index contributed by atoms with van der Waals surface area (Å²) in [6.07, 6.45) is -0.774. The molecular formula is C19H23Cl2N3O3. The Balaban J connectivity index is 1.85. The maximum atomic E-state index is 12.3. The molecule has 0 bridgehead atoms. The summed E-state index contributed by atoms with van der Waals surface area (Å²) in [6, 6.07) is 6.65. The van der Waals surface area contributed by atoms with E-state index in [1.165, 1.54) is 6.92 Å². The summed E-state index contributed by atoms with van der Waals surface area (Å²) in [5, 5.41) is 8.06. The molecule has 2 rings (SSSR count). The second-order valence-electron chi connectivity index (χ2n) is 6.43. The highest BCUT2D eigenvalue weighted by atomic mass is 35.5. The Morgan fingerprint density at radius 2 is 1.93 bits per heavy atom. The van der Waals surface area contributed by atoms with Crippen molar-refractivity contribution >= 4 is 35.1 Å². The van der Waals surface area contributed by atoms with Crippen LogP contribution >= 0.6 is 23.2 Å². The molecule has 0 radical (unpaired) electrons. The number of rotatable bonds is 7. The van der Waals surface area contributed by atoms with E-state index in [-0.39, 0.29) is 12.5 Å². The first kappa shape index (κ1) is 21.3. The van der Waals surface area contributed by atoms with Crippen molar-refractivity contribution in [3.05, 3.63) is 51.3 Å². The fourth-order valence-corrected chi connectivity index (χ4v) is 3.24. The second kappa shape index (κ2) is 9.24. The van der Waals surface area contributed by atoms with E-state index in [1.54, 1.807) is 29.8 Å². The predicted molar refractivity (Wildman–Crippen MR) is 105 cm³/mol. The molecule has 0 fully saturated rings. The number of carbonyl (C=O) groups excluding carboxylic acids is 2. The molecule has 0 aliphatic rings. The minimum absolute atomic E-state index is 0.137. The van der Waals surface area contributed by atoms with Crippen LogP contribution in [-0.2, 0) is 20.9 Å². The second-order valence-corrected chi connectivity index (χ2v) is 7.27. The number of esters is 1. The van der Waals surface area contributed by atoms with Crippen molar-refractivity contribution in [1.29, 1.82) is 0 Å². The molecule has 0 aliphatic carbocycles. The van der Waals surface area contributed by atoms with E-state index in [0.29, 0.717) is 16.6 Å². The highest BCUT2D eigenvalue weighted by Gasteiger charge is 2.21. The number of benzene rings is 1. The maximum absolute atomic E-state index is 12.3. The quantitative estimate of drug-likeness (QED) is 0.698. The molecule has 8 heteroatoms. The highest BCUT2D eigenvalue weighted by Crippen LogP contribution is 2.26. The molecule has 1 heterocycles. The third kappa shape index (κ3) is 5.97. The Morgan fingerprint density at radius 1 is 1.22 bits per heavy atom.